The Kier molecular flexibility index (Phi) is 4.54. The number of aromatic nitrogens is 1. The molecule has 2 aromatic rings. The molecular weight excluding hydrogens is 310 g/mol. The number of aryl methyl sites for hydroxylation is 1. The lowest BCUT2D eigenvalue weighted by atomic mass is 10.1. The fraction of sp³-hybridized carbons (Fsp3) is 0.357. The molecule has 0 amide bonds. The van der Waals surface area contributed by atoms with Crippen molar-refractivity contribution in [1.82, 2.24) is 4.98 Å². The first-order valence-corrected chi connectivity index (χ1v) is 7.57. The molecule has 2 nitrogen and oxygen atoms in total. The first-order valence-electron chi connectivity index (χ1n) is 5.96. The van der Waals surface area contributed by atoms with Crippen LogP contribution >= 0.6 is 27.3 Å². The van der Waals surface area contributed by atoms with Crippen molar-refractivity contribution in [3.63, 3.8) is 0 Å². The van der Waals surface area contributed by atoms with E-state index in [0.29, 0.717) is 6.61 Å². The Balaban J connectivity index is 2.35. The summed E-state index contributed by atoms with van der Waals surface area (Å²) in [5.41, 5.74) is 2.20. The average molecular weight is 326 g/mol. The summed E-state index contributed by atoms with van der Waals surface area (Å²) in [7, 11) is 0. The summed E-state index contributed by atoms with van der Waals surface area (Å²) in [6.07, 6.45) is 0.0691. The van der Waals surface area contributed by atoms with Crippen LogP contribution in [-0.2, 0) is 4.74 Å². The van der Waals surface area contributed by atoms with Crippen LogP contribution in [0.25, 0.3) is 11.3 Å². The predicted molar refractivity (Wildman–Crippen MR) is 80.0 cm³/mol. The first kappa shape index (κ1) is 13.7. The van der Waals surface area contributed by atoms with Crippen LogP contribution in [0.15, 0.2) is 28.7 Å². The topological polar surface area (TPSA) is 22.1 Å². The van der Waals surface area contributed by atoms with Crippen molar-refractivity contribution in [3.8, 4) is 11.3 Å². The lowest BCUT2D eigenvalue weighted by Crippen LogP contribution is -1.98. The van der Waals surface area contributed by atoms with Crippen LogP contribution in [0, 0.1) is 6.92 Å². The first-order chi connectivity index (χ1) is 8.61. The number of rotatable bonds is 4. The molecule has 0 bridgehead atoms. The van der Waals surface area contributed by atoms with Gasteiger partial charge in [-0.15, -0.1) is 11.3 Å². The van der Waals surface area contributed by atoms with E-state index in [1.54, 1.807) is 11.3 Å². The molecule has 0 spiro atoms. The second kappa shape index (κ2) is 5.95. The van der Waals surface area contributed by atoms with Gasteiger partial charge in [0.1, 0.15) is 11.1 Å². The molecule has 0 aliphatic heterocycles. The second-order valence-electron chi connectivity index (χ2n) is 4.06. The molecule has 2 rings (SSSR count). The SMILES string of the molecule is CCOC(C)c1nc(-c2cccc(Br)c2)c(C)s1. The summed E-state index contributed by atoms with van der Waals surface area (Å²) in [5.74, 6) is 0. The summed E-state index contributed by atoms with van der Waals surface area (Å²) >= 11 is 5.21. The fourth-order valence-corrected chi connectivity index (χ4v) is 3.16. The highest BCUT2D eigenvalue weighted by Crippen LogP contribution is 2.32. The van der Waals surface area contributed by atoms with E-state index in [4.69, 9.17) is 9.72 Å². The monoisotopic (exact) mass is 325 g/mol. The van der Waals surface area contributed by atoms with Gasteiger partial charge in [-0.25, -0.2) is 4.98 Å². The summed E-state index contributed by atoms with van der Waals surface area (Å²) in [6, 6.07) is 8.23. The minimum absolute atomic E-state index is 0.0691. The predicted octanol–water partition coefficient (Wildman–Crippen LogP) is 4.98. The lowest BCUT2D eigenvalue weighted by Gasteiger charge is -2.06. The van der Waals surface area contributed by atoms with E-state index in [1.165, 1.54) is 4.88 Å². The average Bonchev–Trinajstić information content (AvgIpc) is 2.72. The molecule has 1 unspecified atom stereocenters. The van der Waals surface area contributed by atoms with Gasteiger partial charge in [0.25, 0.3) is 0 Å². The quantitative estimate of drug-likeness (QED) is 0.791. The molecule has 0 saturated heterocycles. The zero-order chi connectivity index (χ0) is 13.1. The molecule has 0 aliphatic carbocycles. The van der Waals surface area contributed by atoms with E-state index >= 15 is 0 Å². The van der Waals surface area contributed by atoms with Crippen molar-refractivity contribution >= 4 is 27.3 Å². The van der Waals surface area contributed by atoms with Crippen molar-refractivity contribution in [3.05, 3.63) is 38.6 Å². The zero-order valence-corrected chi connectivity index (χ0v) is 13.1. The Hall–Kier alpha value is -0.710. The zero-order valence-electron chi connectivity index (χ0n) is 10.7. The Morgan fingerprint density at radius 2 is 2.22 bits per heavy atom. The van der Waals surface area contributed by atoms with Gasteiger partial charge >= 0.3 is 0 Å². The molecular formula is C14H16BrNOS. The number of thiazole rings is 1. The maximum absolute atomic E-state index is 5.59. The Bertz CT molecular complexity index is 538. The maximum Gasteiger partial charge on any atom is 0.122 e. The van der Waals surface area contributed by atoms with E-state index < -0.39 is 0 Å². The standard InChI is InChI=1S/C14H16BrNOS/c1-4-17-9(2)14-16-13(10(3)18-14)11-6-5-7-12(15)8-11/h5-9H,4H2,1-3H3. The van der Waals surface area contributed by atoms with Gasteiger partial charge in [0.15, 0.2) is 0 Å². The van der Waals surface area contributed by atoms with Crippen LogP contribution in [0.2, 0.25) is 0 Å². The van der Waals surface area contributed by atoms with Crippen molar-refractivity contribution in [2.75, 3.05) is 6.61 Å². The molecule has 0 saturated carbocycles. The summed E-state index contributed by atoms with van der Waals surface area (Å²) in [6.45, 7) is 6.88. The maximum atomic E-state index is 5.59. The Morgan fingerprint density at radius 3 is 2.89 bits per heavy atom. The van der Waals surface area contributed by atoms with Crippen LogP contribution in [0.4, 0.5) is 0 Å². The highest BCUT2D eigenvalue weighted by molar-refractivity contribution is 9.10. The van der Waals surface area contributed by atoms with E-state index in [-0.39, 0.29) is 6.10 Å². The number of halogens is 1. The summed E-state index contributed by atoms with van der Waals surface area (Å²) in [5, 5.41) is 1.05. The molecule has 96 valence electrons. The molecule has 1 heterocycles. The van der Waals surface area contributed by atoms with Crippen molar-refractivity contribution in [2.24, 2.45) is 0 Å². The van der Waals surface area contributed by atoms with Crippen LogP contribution in [0.5, 0.6) is 0 Å². The molecule has 4 heteroatoms. The number of ether oxygens (including phenoxy) is 1. The van der Waals surface area contributed by atoms with Gasteiger partial charge in [-0.05, 0) is 32.9 Å². The fourth-order valence-electron chi connectivity index (χ4n) is 1.82. The number of hydrogen-bond acceptors (Lipinski definition) is 3. The van der Waals surface area contributed by atoms with E-state index in [1.807, 2.05) is 26.0 Å². The number of benzene rings is 1. The number of hydrogen-bond donors (Lipinski definition) is 0. The van der Waals surface area contributed by atoms with Crippen molar-refractivity contribution < 1.29 is 4.74 Å². The molecule has 0 N–H and O–H groups in total. The normalized spacial score (nSPS) is 12.7. The largest absolute Gasteiger partial charge is 0.372 e. The highest BCUT2D eigenvalue weighted by Gasteiger charge is 2.14. The van der Waals surface area contributed by atoms with E-state index in [0.717, 1.165) is 20.7 Å². The van der Waals surface area contributed by atoms with Gasteiger partial charge < -0.3 is 4.74 Å². The molecule has 0 aliphatic rings. The van der Waals surface area contributed by atoms with Gasteiger partial charge in [-0.2, -0.15) is 0 Å². The molecule has 18 heavy (non-hydrogen) atoms. The van der Waals surface area contributed by atoms with Gasteiger partial charge in [-0.3, -0.25) is 0 Å². The molecule has 0 fully saturated rings. The van der Waals surface area contributed by atoms with E-state index in [9.17, 15) is 0 Å². The molecule has 1 aromatic heterocycles. The van der Waals surface area contributed by atoms with Crippen LogP contribution < -0.4 is 0 Å². The van der Waals surface area contributed by atoms with Gasteiger partial charge in [-0.1, -0.05) is 28.1 Å². The van der Waals surface area contributed by atoms with Crippen molar-refractivity contribution in [1.29, 1.82) is 0 Å². The van der Waals surface area contributed by atoms with Crippen LogP contribution in [0.1, 0.15) is 29.8 Å². The summed E-state index contributed by atoms with van der Waals surface area (Å²) < 4.78 is 6.67. The Labute approximate surface area is 120 Å². The van der Waals surface area contributed by atoms with Gasteiger partial charge in [0.05, 0.1) is 5.69 Å². The molecule has 1 atom stereocenters. The summed E-state index contributed by atoms with van der Waals surface area (Å²) in [4.78, 5) is 5.94. The minimum atomic E-state index is 0.0691. The van der Waals surface area contributed by atoms with Crippen LogP contribution in [0.3, 0.4) is 0 Å². The molecule has 1 aromatic carbocycles. The van der Waals surface area contributed by atoms with Gasteiger partial charge in [0, 0.05) is 21.5 Å². The van der Waals surface area contributed by atoms with E-state index in [2.05, 4.69) is 35.0 Å². The number of nitrogens with zero attached hydrogens (tertiary/aromatic N) is 1. The highest BCUT2D eigenvalue weighted by atomic mass is 79.9. The molecule has 0 radical (unpaired) electrons. The van der Waals surface area contributed by atoms with Crippen LogP contribution in [-0.4, -0.2) is 11.6 Å². The third-order valence-electron chi connectivity index (χ3n) is 2.68. The second-order valence-corrected chi connectivity index (χ2v) is 6.22. The lowest BCUT2D eigenvalue weighted by molar-refractivity contribution is 0.0762. The van der Waals surface area contributed by atoms with Crippen molar-refractivity contribution in [2.45, 2.75) is 26.9 Å². The van der Waals surface area contributed by atoms with Gasteiger partial charge in [0.2, 0.25) is 0 Å². The third-order valence-corrected chi connectivity index (χ3v) is 4.30. The minimum Gasteiger partial charge on any atom is -0.372 e. The Morgan fingerprint density at radius 1 is 1.44 bits per heavy atom. The third kappa shape index (κ3) is 2.99. The smallest absolute Gasteiger partial charge is 0.122 e.